The van der Waals surface area contributed by atoms with Gasteiger partial charge >= 0.3 is 5.97 Å². The Morgan fingerprint density at radius 1 is 0.906 bits per heavy atom. The molecule has 0 saturated heterocycles. The SMILES string of the molecule is O=C(O)Cc1c[nH]c2cccc(C=Cc3ccc(OCCCCc4ccccc4)cc3)c12. The topological polar surface area (TPSA) is 62.3 Å². The number of rotatable bonds is 10. The molecule has 4 heteroatoms. The van der Waals surface area contributed by atoms with Crippen LogP contribution >= 0.6 is 0 Å². The molecular formula is C28H27NO3. The van der Waals surface area contributed by atoms with Gasteiger partial charge < -0.3 is 14.8 Å². The summed E-state index contributed by atoms with van der Waals surface area (Å²) in [5.41, 5.74) is 5.17. The molecule has 0 fully saturated rings. The highest BCUT2D eigenvalue weighted by Crippen LogP contribution is 2.25. The van der Waals surface area contributed by atoms with Crippen LogP contribution in [0.2, 0.25) is 0 Å². The minimum Gasteiger partial charge on any atom is -0.494 e. The summed E-state index contributed by atoms with van der Waals surface area (Å²) in [5, 5.41) is 10.1. The Hall–Kier alpha value is -3.79. The molecule has 0 aliphatic rings. The van der Waals surface area contributed by atoms with Gasteiger partial charge in [0.15, 0.2) is 0 Å². The number of ether oxygens (including phenoxy) is 1. The number of fused-ring (bicyclic) bond motifs is 1. The van der Waals surface area contributed by atoms with Crippen LogP contribution in [0.1, 0.15) is 35.1 Å². The molecule has 0 saturated carbocycles. The molecule has 4 aromatic rings. The summed E-state index contributed by atoms with van der Waals surface area (Å²) in [6, 6.07) is 24.5. The number of aromatic nitrogens is 1. The maximum absolute atomic E-state index is 11.2. The maximum Gasteiger partial charge on any atom is 0.307 e. The molecule has 0 aliphatic carbocycles. The first-order chi connectivity index (χ1) is 15.7. The third-order valence-corrected chi connectivity index (χ3v) is 5.47. The zero-order chi connectivity index (χ0) is 22.2. The minimum atomic E-state index is -0.833. The Kier molecular flexibility index (Phi) is 7.03. The van der Waals surface area contributed by atoms with Gasteiger partial charge in [-0.3, -0.25) is 4.79 Å². The van der Waals surface area contributed by atoms with Crippen molar-refractivity contribution in [2.24, 2.45) is 0 Å². The number of H-pyrrole nitrogens is 1. The molecule has 0 radical (unpaired) electrons. The van der Waals surface area contributed by atoms with E-state index < -0.39 is 5.97 Å². The summed E-state index contributed by atoms with van der Waals surface area (Å²) in [7, 11) is 0. The van der Waals surface area contributed by atoms with Gasteiger partial charge in [0.1, 0.15) is 5.75 Å². The van der Waals surface area contributed by atoms with Crippen molar-refractivity contribution in [1.29, 1.82) is 0 Å². The molecule has 1 aromatic heterocycles. The molecule has 1 heterocycles. The molecule has 4 nitrogen and oxygen atoms in total. The molecule has 0 spiro atoms. The molecule has 3 aromatic carbocycles. The lowest BCUT2D eigenvalue weighted by atomic mass is 10.0. The van der Waals surface area contributed by atoms with E-state index in [0.717, 1.165) is 52.6 Å². The number of aliphatic carboxylic acids is 1. The van der Waals surface area contributed by atoms with E-state index in [-0.39, 0.29) is 6.42 Å². The molecule has 0 unspecified atom stereocenters. The van der Waals surface area contributed by atoms with E-state index in [1.54, 1.807) is 6.20 Å². The molecule has 0 aliphatic heterocycles. The largest absolute Gasteiger partial charge is 0.494 e. The molecule has 2 N–H and O–H groups in total. The second kappa shape index (κ2) is 10.5. The lowest BCUT2D eigenvalue weighted by Gasteiger charge is -2.07. The zero-order valence-electron chi connectivity index (χ0n) is 18.0. The molecule has 0 bridgehead atoms. The van der Waals surface area contributed by atoms with Crippen LogP contribution in [0.5, 0.6) is 5.75 Å². The number of aromatic amines is 1. The maximum atomic E-state index is 11.2. The smallest absolute Gasteiger partial charge is 0.307 e. The normalized spacial score (nSPS) is 11.2. The fraction of sp³-hybridized carbons (Fsp3) is 0.179. The van der Waals surface area contributed by atoms with Gasteiger partial charge in [0, 0.05) is 17.1 Å². The van der Waals surface area contributed by atoms with Gasteiger partial charge in [0.05, 0.1) is 13.0 Å². The van der Waals surface area contributed by atoms with Crippen molar-refractivity contribution in [2.45, 2.75) is 25.7 Å². The summed E-state index contributed by atoms with van der Waals surface area (Å²) in [4.78, 5) is 14.3. The van der Waals surface area contributed by atoms with Crippen molar-refractivity contribution < 1.29 is 14.6 Å². The summed E-state index contributed by atoms with van der Waals surface area (Å²) >= 11 is 0. The van der Waals surface area contributed by atoms with Crippen LogP contribution in [-0.4, -0.2) is 22.7 Å². The summed E-state index contributed by atoms with van der Waals surface area (Å²) in [5.74, 6) is 0.0404. The average Bonchev–Trinajstić information content (AvgIpc) is 3.22. The van der Waals surface area contributed by atoms with Gasteiger partial charge in [-0.1, -0.05) is 66.7 Å². The van der Waals surface area contributed by atoms with Crippen molar-refractivity contribution in [3.8, 4) is 5.75 Å². The van der Waals surface area contributed by atoms with Gasteiger partial charge in [-0.15, -0.1) is 0 Å². The second-order valence-electron chi connectivity index (χ2n) is 7.85. The van der Waals surface area contributed by atoms with E-state index in [0.29, 0.717) is 6.61 Å². The predicted molar refractivity (Wildman–Crippen MR) is 130 cm³/mol. The van der Waals surface area contributed by atoms with Crippen molar-refractivity contribution in [2.75, 3.05) is 6.61 Å². The van der Waals surface area contributed by atoms with E-state index in [1.165, 1.54) is 5.56 Å². The summed E-state index contributed by atoms with van der Waals surface area (Å²) < 4.78 is 5.88. The van der Waals surface area contributed by atoms with Gasteiger partial charge in [-0.2, -0.15) is 0 Å². The number of carboxylic acids is 1. The summed E-state index contributed by atoms with van der Waals surface area (Å²) in [6.07, 6.45) is 9.06. The molecule has 0 atom stereocenters. The van der Waals surface area contributed by atoms with Crippen molar-refractivity contribution in [1.82, 2.24) is 4.98 Å². The van der Waals surface area contributed by atoms with Gasteiger partial charge in [0.2, 0.25) is 0 Å². The highest BCUT2D eigenvalue weighted by Gasteiger charge is 2.10. The Labute approximate surface area is 188 Å². The van der Waals surface area contributed by atoms with E-state index in [4.69, 9.17) is 9.84 Å². The van der Waals surface area contributed by atoms with E-state index in [2.05, 4.69) is 29.2 Å². The average molecular weight is 426 g/mol. The molecule has 32 heavy (non-hydrogen) atoms. The monoisotopic (exact) mass is 425 g/mol. The quantitative estimate of drug-likeness (QED) is 0.229. The third-order valence-electron chi connectivity index (χ3n) is 5.47. The van der Waals surface area contributed by atoms with Gasteiger partial charge in [-0.25, -0.2) is 0 Å². The van der Waals surface area contributed by atoms with Gasteiger partial charge in [-0.05, 0) is 59.7 Å². The summed E-state index contributed by atoms with van der Waals surface area (Å²) in [6.45, 7) is 0.712. The fourth-order valence-corrected chi connectivity index (χ4v) is 3.85. The Bertz CT molecular complexity index is 1190. The molecular weight excluding hydrogens is 398 g/mol. The number of hydrogen-bond donors (Lipinski definition) is 2. The molecule has 4 rings (SSSR count). The number of carbonyl (C=O) groups is 1. The molecule has 0 amide bonds. The van der Waals surface area contributed by atoms with Crippen molar-refractivity contribution in [3.63, 3.8) is 0 Å². The molecule has 162 valence electrons. The first kappa shape index (κ1) is 21.4. The highest BCUT2D eigenvalue weighted by molar-refractivity contribution is 5.95. The predicted octanol–water partition coefficient (Wildman–Crippen LogP) is 6.37. The Balaban J connectivity index is 1.33. The highest BCUT2D eigenvalue weighted by atomic mass is 16.5. The van der Waals surface area contributed by atoms with E-state index in [9.17, 15) is 4.79 Å². The van der Waals surface area contributed by atoms with E-state index >= 15 is 0 Å². The Morgan fingerprint density at radius 3 is 2.50 bits per heavy atom. The number of hydrogen-bond acceptors (Lipinski definition) is 2. The number of nitrogens with one attached hydrogen (secondary N) is 1. The van der Waals surface area contributed by atoms with E-state index in [1.807, 2.05) is 60.7 Å². The Morgan fingerprint density at radius 2 is 1.72 bits per heavy atom. The third kappa shape index (κ3) is 5.67. The number of benzene rings is 3. The second-order valence-corrected chi connectivity index (χ2v) is 7.85. The van der Waals surface area contributed by atoms with Crippen LogP contribution in [0.15, 0.2) is 79.0 Å². The van der Waals surface area contributed by atoms with Crippen LogP contribution < -0.4 is 4.74 Å². The number of unbranched alkanes of at least 4 members (excludes halogenated alkanes) is 1. The van der Waals surface area contributed by atoms with Gasteiger partial charge in [0.25, 0.3) is 0 Å². The van der Waals surface area contributed by atoms with Crippen LogP contribution in [0.3, 0.4) is 0 Å². The van der Waals surface area contributed by atoms with Crippen LogP contribution in [0.4, 0.5) is 0 Å². The van der Waals surface area contributed by atoms with Crippen LogP contribution in [-0.2, 0) is 17.6 Å². The van der Waals surface area contributed by atoms with Crippen molar-refractivity contribution >= 4 is 29.0 Å². The number of aryl methyl sites for hydroxylation is 1. The van der Waals surface area contributed by atoms with Crippen molar-refractivity contribution in [3.05, 3.63) is 101 Å². The van der Waals surface area contributed by atoms with Crippen LogP contribution in [0.25, 0.3) is 23.1 Å². The minimum absolute atomic E-state index is 0.00222. The first-order valence-electron chi connectivity index (χ1n) is 10.9. The van der Waals surface area contributed by atoms with Crippen LogP contribution in [0, 0.1) is 0 Å². The fourth-order valence-electron chi connectivity index (χ4n) is 3.85. The standard InChI is InChI=1S/C28H27NO3/c30-27(31)19-24-20-29-26-11-6-10-23(28(24)26)15-12-22-13-16-25(17-14-22)32-18-5-4-9-21-7-2-1-3-8-21/h1-3,6-8,10-17,20,29H,4-5,9,18-19H2,(H,30,31). The first-order valence-corrected chi connectivity index (χ1v) is 10.9. The zero-order valence-corrected chi connectivity index (χ0v) is 18.0. The lowest BCUT2D eigenvalue weighted by Crippen LogP contribution is -1.99. The lowest BCUT2D eigenvalue weighted by molar-refractivity contribution is -0.136. The number of carboxylic acid groups (broad SMARTS) is 1.